The van der Waals surface area contributed by atoms with Crippen LogP contribution in [0.15, 0.2) is 16.7 Å². The lowest BCUT2D eigenvalue weighted by molar-refractivity contribution is 0.718. The first-order chi connectivity index (χ1) is 7.09. The zero-order valence-corrected chi connectivity index (χ0v) is 11.1. The van der Waals surface area contributed by atoms with Crippen LogP contribution < -0.4 is 4.90 Å². The molecule has 0 bridgehead atoms. The molecule has 0 aromatic carbocycles. The Bertz CT molecular complexity index is 365. The Morgan fingerprint density at radius 1 is 1.60 bits per heavy atom. The van der Waals surface area contributed by atoms with Crippen molar-refractivity contribution >= 4 is 21.7 Å². The van der Waals surface area contributed by atoms with Gasteiger partial charge in [-0.3, -0.25) is 0 Å². The van der Waals surface area contributed by atoms with Crippen molar-refractivity contribution in [3.05, 3.63) is 22.3 Å². The van der Waals surface area contributed by atoms with E-state index in [1.807, 2.05) is 12.3 Å². The van der Waals surface area contributed by atoms with Crippen LogP contribution in [0.1, 0.15) is 18.9 Å². The van der Waals surface area contributed by atoms with Gasteiger partial charge in [0, 0.05) is 19.8 Å². The standard InChI is InChI=1S/C12H17BrN2/c1-8-4-5-14-12(11(8)13)15(3)7-10-6-9(10)2/h4-5,9-10H,6-7H2,1-3H3. The average molecular weight is 269 g/mol. The molecule has 1 fully saturated rings. The fourth-order valence-electron chi connectivity index (χ4n) is 1.88. The van der Waals surface area contributed by atoms with Gasteiger partial charge in [-0.25, -0.2) is 4.98 Å². The maximum absolute atomic E-state index is 4.42. The Morgan fingerprint density at radius 2 is 2.27 bits per heavy atom. The predicted molar refractivity (Wildman–Crippen MR) is 67.2 cm³/mol. The van der Waals surface area contributed by atoms with Gasteiger partial charge in [-0.05, 0) is 52.7 Å². The largest absolute Gasteiger partial charge is 0.358 e. The molecule has 0 N–H and O–H groups in total. The SMILES string of the molecule is Cc1ccnc(N(C)CC2CC2C)c1Br. The van der Waals surface area contributed by atoms with Crippen LogP contribution >= 0.6 is 15.9 Å². The summed E-state index contributed by atoms with van der Waals surface area (Å²) >= 11 is 3.60. The van der Waals surface area contributed by atoms with Crippen molar-refractivity contribution in [2.75, 3.05) is 18.5 Å². The molecule has 1 aromatic rings. The molecule has 2 unspecified atom stereocenters. The molecule has 3 heteroatoms. The second-order valence-electron chi connectivity index (χ2n) is 4.62. The van der Waals surface area contributed by atoms with E-state index in [1.54, 1.807) is 0 Å². The van der Waals surface area contributed by atoms with Crippen molar-refractivity contribution in [1.82, 2.24) is 4.98 Å². The highest BCUT2D eigenvalue weighted by Crippen LogP contribution is 2.39. The average Bonchev–Trinajstić information content (AvgIpc) is 2.86. The van der Waals surface area contributed by atoms with Crippen molar-refractivity contribution in [2.45, 2.75) is 20.3 Å². The number of aryl methyl sites for hydroxylation is 1. The molecule has 0 amide bonds. The van der Waals surface area contributed by atoms with E-state index in [4.69, 9.17) is 0 Å². The monoisotopic (exact) mass is 268 g/mol. The van der Waals surface area contributed by atoms with Gasteiger partial charge in [-0.1, -0.05) is 6.92 Å². The molecule has 1 aromatic heterocycles. The molecule has 0 radical (unpaired) electrons. The predicted octanol–water partition coefficient (Wildman–Crippen LogP) is 3.24. The van der Waals surface area contributed by atoms with Crippen LogP contribution in [0.25, 0.3) is 0 Å². The molecular formula is C12H17BrN2. The maximum Gasteiger partial charge on any atom is 0.142 e. The van der Waals surface area contributed by atoms with E-state index in [0.717, 1.165) is 28.7 Å². The van der Waals surface area contributed by atoms with Crippen LogP contribution in [0.2, 0.25) is 0 Å². The van der Waals surface area contributed by atoms with Gasteiger partial charge in [0.15, 0.2) is 0 Å². The summed E-state index contributed by atoms with van der Waals surface area (Å²) in [4.78, 5) is 6.68. The summed E-state index contributed by atoms with van der Waals surface area (Å²) in [7, 11) is 2.12. The summed E-state index contributed by atoms with van der Waals surface area (Å²) in [6.45, 7) is 5.54. The smallest absolute Gasteiger partial charge is 0.142 e. The topological polar surface area (TPSA) is 16.1 Å². The van der Waals surface area contributed by atoms with Gasteiger partial charge < -0.3 is 4.90 Å². The number of hydrogen-bond donors (Lipinski definition) is 0. The van der Waals surface area contributed by atoms with Gasteiger partial charge in [0.2, 0.25) is 0 Å². The van der Waals surface area contributed by atoms with Crippen LogP contribution in [0, 0.1) is 18.8 Å². The van der Waals surface area contributed by atoms with Gasteiger partial charge in [0.05, 0.1) is 4.47 Å². The fourth-order valence-corrected chi connectivity index (χ4v) is 2.42. The van der Waals surface area contributed by atoms with Crippen LogP contribution in [0.3, 0.4) is 0 Å². The first-order valence-electron chi connectivity index (χ1n) is 5.42. The van der Waals surface area contributed by atoms with Crippen molar-refractivity contribution in [3.63, 3.8) is 0 Å². The number of anilines is 1. The first-order valence-corrected chi connectivity index (χ1v) is 6.21. The first kappa shape index (κ1) is 10.9. The Balaban J connectivity index is 2.11. The van der Waals surface area contributed by atoms with Crippen molar-refractivity contribution in [1.29, 1.82) is 0 Å². The molecule has 1 aliphatic carbocycles. The van der Waals surface area contributed by atoms with E-state index in [9.17, 15) is 0 Å². The molecule has 82 valence electrons. The highest BCUT2D eigenvalue weighted by atomic mass is 79.9. The van der Waals surface area contributed by atoms with Crippen molar-refractivity contribution in [2.24, 2.45) is 11.8 Å². The molecule has 2 rings (SSSR count). The van der Waals surface area contributed by atoms with Crippen LogP contribution in [0.5, 0.6) is 0 Å². The quantitative estimate of drug-likeness (QED) is 0.837. The van der Waals surface area contributed by atoms with E-state index in [-0.39, 0.29) is 0 Å². The second-order valence-corrected chi connectivity index (χ2v) is 5.41. The molecule has 0 aliphatic heterocycles. The van der Waals surface area contributed by atoms with E-state index >= 15 is 0 Å². The minimum absolute atomic E-state index is 0.865. The summed E-state index contributed by atoms with van der Waals surface area (Å²) in [6.07, 6.45) is 3.25. The zero-order valence-electron chi connectivity index (χ0n) is 9.50. The molecule has 1 heterocycles. The normalized spacial score (nSPS) is 24.0. The van der Waals surface area contributed by atoms with Crippen molar-refractivity contribution in [3.8, 4) is 0 Å². The fraction of sp³-hybridized carbons (Fsp3) is 0.583. The Kier molecular flexibility index (Phi) is 3.01. The lowest BCUT2D eigenvalue weighted by atomic mass is 10.2. The Hall–Kier alpha value is -0.570. The van der Waals surface area contributed by atoms with E-state index in [0.29, 0.717) is 0 Å². The third kappa shape index (κ3) is 2.33. The molecule has 1 aliphatic rings. The number of pyridine rings is 1. The molecule has 15 heavy (non-hydrogen) atoms. The molecule has 2 atom stereocenters. The van der Waals surface area contributed by atoms with Gasteiger partial charge in [0.1, 0.15) is 5.82 Å². The number of aromatic nitrogens is 1. The number of hydrogen-bond acceptors (Lipinski definition) is 2. The lowest BCUT2D eigenvalue weighted by Crippen LogP contribution is -2.22. The third-order valence-corrected chi connectivity index (χ3v) is 4.19. The summed E-state index contributed by atoms with van der Waals surface area (Å²) in [6, 6.07) is 2.03. The molecule has 0 spiro atoms. The zero-order chi connectivity index (χ0) is 11.0. The van der Waals surface area contributed by atoms with Crippen LogP contribution in [-0.4, -0.2) is 18.6 Å². The molecule has 0 saturated heterocycles. The van der Waals surface area contributed by atoms with E-state index in [1.165, 1.54) is 12.0 Å². The third-order valence-electron chi connectivity index (χ3n) is 3.21. The maximum atomic E-state index is 4.42. The summed E-state index contributed by atoms with van der Waals surface area (Å²) in [5, 5.41) is 0. The van der Waals surface area contributed by atoms with Crippen molar-refractivity contribution < 1.29 is 0 Å². The number of rotatable bonds is 3. The number of halogens is 1. The van der Waals surface area contributed by atoms with E-state index < -0.39 is 0 Å². The second kappa shape index (κ2) is 4.12. The van der Waals surface area contributed by atoms with Crippen LogP contribution in [-0.2, 0) is 0 Å². The van der Waals surface area contributed by atoms with Gasteiger partial charge in [-0.2, -0.15) is 0 Å². The minimum atomic E-state index is 0.865. The van der Waals surface area contributed by atoms with E-state index in [2.05, 4.69) is 46.7 Å². The lowest BCUT2D eigenvalue weighted by Gasteiger charge is -2.20. The van der Waals surface area contributed by atoms with Gasteiger partial charge >= 0.3 is 0 Å². The Morgan fingerprint density at radius 3 is 2.87 bits per heavy atom. The number of nitrogens with zero attached hydrogens (tertiary/aromatic N) is 2. The highest BCUT2D eigenvalue weighted by Gasteiger charge is 2.33. The van der Waals surface area contributed by atoms with Gasteiger partial charge in [0.25, 0.3) is 0 Å². The molecular weight excluding hydrogens is 252 g/mol. The minimum Gasteiger partial charge on any atom is -0.358 e. The summed E-state index contributed by atoms with van der Waals surface area (Å²) in [5.41, 5.74) is 1.25. The van der Waals surface area contributed by atoms with Gasteiger partial charge in [-0.15, -0.1) is 0 Å². The highest BCUT2D eigenvalue weighted by molar-refractivity contribution is 9.10. The van der Waals surface area contributed by atoms with Crippen LogP contribution in [0.4, 0.5) is 5.82 Å². The molecule has 2 nitrogen and oxygen atoms in total. The summed E-state index contributed by atoms with van der Waals surface area (Å²) < 4.78 is 1.13. The molecule has 1 saturated carbocycles. The summed E-state index contributed by atoms with van der Waals surface area (Å²) in [5.74, 6) is 2.83. The Labute approximate surface area is 99.8 Å².